The third-order valence-corrected chi connectivity index (χ3v) is 7.73. The largest absolute Gasteiger partial charge is 0.325 e. The molecule has 32 heavy (non-hydrogen) atoms. The van der Waals surface area contributed by atoms with E-state index in [2.05, 4.69) is 14.1 Å². The van der Waals surface area contributed by atoms with Crippen LogP contribution in [-0.2, 0) is 14.8 Å². The summed E-state index contributed by atoms with van der Waals surface area (Å²) in [5.41, 5.74) is 1.70. The van der Waals surface area contributed by atoms with Crippen molar-refractivity contribution in [1.29, 1.82) is 0 Å². The molecule has 0 bridgehead atoms. The second-order valence-electron chi connectivity index (χ2n) is 7.37. The molecule has 13 heteroatoms. The summed E-state index contributed by atoms with van der Waals surface area (Å²) in [6.45, 7) is 2.92. The average Bonchev–Trinajstić information content (AvgIpc) is 3.24. The van der Waals surface area contributed by atoms with Gasteiger partial charge in [0.05, 0.1) is 23.2 Å². The highest BCUT2D eigenvalue weighted by molar-refractivity contribution is 7.89. The predicted molar refractivity (Wildman–Crippen MR) is 119 cm³/mol. The van der Waals surface area contributed by atoms with Crippen molar-refractivity contribution in [3.05, 3.63) is 52.1 Å². The van der Waals surface area contributed by atoms with E-state index in [1.807, 2.05) is 4.90 Å². The number of aryl methyl sites for hydroxylation is 1. The fourth-order valence-electron chi connectivity index (χ4n) is 3.54. The lowest BCUT2D eigenvalue weighted by atomic mass is 10.2. The Kier molecular flexibility index (Phi) is 6.15. The zero-order chi connectivity index (χ0) is 22.9. The molecule has 1 aromatic heterocycles. The Balaban J connectivity index is 1.37. The van der Waals surface area contributed by atoms with E-state index in [0.717, 1.165) is 11.7 Å². The molecule has 4 rings (SSSR count). The van der Waals surface area contributed by atoms with E-state index in [1.54, 1.807) is 31.2 Å². The number of fused-ring (bicyclic) bond motifs is 1. The number of carbonyl (C=O) groups excluding carboxylic acids is 1. The Labute approximate surface area is 188 Å². The number of carbonyl (C=O) groups is 1. The lowest BCUT2D eigenvalue weighted by molar-refractivity contribution is -0.385. The topological polar surface area (TPSA) is 139 Å². The van der Waals surface area contributed by atoms with Crippen molar-refractivity contribution in [1.82, 2.24) is 18.0 Å². The van der Waals surface area contributed by atoms with Crippen LogP contribution in [0.15, 0.2) is 41.3 Å². The van der Waals surface area contributed by atoms with Gasteiger partial charge in [0.25, 0.3) is 5.69 Å². The maximum Gasteiger partial charge on any atom is 0.274 e. The van der Waals surface area contributed by atoms with Crippen LogP contribution in [0, 0.1) is 17.0 Å². The third-order valence-electron chi connectivity index (χ3n) is 5.25. The van der Waals surface area contributed by atoms with Crippen LogP contribution in [0.1, 0.15) is 5.56 Å². The molecule has 3 aromatic rings. The quantitative estimate of drug-likeness (QED) is 0.420. The average molecular weight is 477 g/mol. The lowest BCUT2D eigenvalue weighted by Gasteiger charge is -2.33. The lowest BCUT2D eigenvalue weighted by Crippen LogP contribution is -2.50. The maximum absolute atomic E-state index is 13.1. The van der Waals surface area contributed by atoms with Crippen molar-refractivity contribution >= 4 is 50.1 Å². The van der Waals surface area contributed by atoms with Gasteiger partial charge in [-0.25, -0.2) is 8.42 Å². The number of hydrogen-bond donors (Lipinski definition) is 1. The molecule has 0 radical (unpaired) electrons. The summed E-state index contributed by atoms with van der Waals surface area (Å²) < 4.78 is 35.8. The van der Waals surface area contributed by atoms with Gasteiger partial charge in [0.15, 0.2) is 0 Å². The Bertz CT molecular complexity index is 1280. The normalized spacial score (nSPS) is 15.7. The number of nitro benzene ring substituents is 1. The molecule has 0 aliphatic carbocycles. The number of aromatic nitrogens is 2. The van der Waals surface area contributed by atoms with Crippen LogP contribution in [0.2, 0.25) is 0 Å². The summed E-state index contributed by atoms with van der Waals surface area (Å²) in [5, 5.41) is 13.7. The number of nitro groups is 1. The Hall–Kier alpha value is -3.00. The summed E-state index contributed by atoms with van der Waals surface area (Å²) in [7, 11) is -3.73. The van der Waals surface area contributed by atoms with Crippen LogP contribution in [0.25, 0.3) is 11.0 Å². The van der Waals surface area contributed by atoms with Crippen molar-refractivity contribution in [2.45, 2.75) is 11.8 Å². The van der Waals surface area contributed by atoms with Crippen LogP contribution in [0.4, 0.5) is 11.4 Å². The maximum atomic E-state index is 13.1. The van der Waals surface area contributed by atoms with E-state index in [1.165, 1.54) is 16.4 Å². The van der Waals surface area contributed by atoms with Gasteiger partial charge in [0.2, 0.25) is 15.9 Å². The number of rotatable bonds is 6. The van der Waals surface area contributed by atoms with Crippen LogP contribution >= 0.6 is 11.7 Å². The number of benzene rings is 2. The first kappa shape index (κ1) is 22.2. The molecule has 1 aliphatic heterocycles. The fourth-order valence-corrected chi connectivity index (χ4v) is 5.72. The summed E-state index contributed by atoms with van der Waals surface area (Å²) >= 11 is 0.968. The highest BCUT2D eigenvalue weighted by atomic mass is 32.2. The van der Waals surface area contributed by atoms with Gasteiger partial charge in [-0.2, -0.15) is 13.1 Å². The predicted octanol–water partition coefficient (Wildman–Crippen LogP) is 1.85. The smallest absolute Gasteiger partial charge is 0.274 e. The van der Waals surface area contributed by atoms with Gasteiger partial charge >= 0.3 is 0 Å². The standard InChI is InChI=1S/C19H20N6O5S2/c1-13-5-6-14(11-16(13)25(27)28)20-18(26)12-23-7-9-24(10-8-23)32(29,30)17-4-2-3-15-19(17)22-31-21-15/h2-6,11H,7-10,12H2,1H3,(H,20,26). The van der Waals surface area contributed by atoms with E-state index in [4.69, 9.17) is 0 Å². The van der Waals surface area contributed by atoms with Gasteiger partial charge in [0.1, 0.15) is 15.9 Å². The summed E-state index contributed by atoms with van der Waals surface area (Å²) in [4.78, 5) is 25.0. The van der Waals surface area contributed by atoms with E-state index in [0.29, 0.717) is 35.4 Å². The minimum absolute atomic E-state index is 0.0567. The second kappa shape index (κ2) is 8.86. The van der Waals surface area contributed by atoms with Gasteiger partial charge in [0, 0.05) is 43.5 Å². The molecule has 0 atom stereocenters. The number of anilines is 1. The molecule has 0 saturated carbocycles. The fraction of sp³-hybridized carbons (Fsp3) is 0.316. The highest BCUT2D eigenvalue weighted by Crippen LogP contribution is 2.25. The number of hydrogen-bond acceptors (Lipinski definition) is 9. The molecular formula is C19H20N6O5S2. The zero-order valence-corrected chi connectivity index (χ0v) is 18.7. The monoisotopic (exact) mass is 476 g/mol. The molecule has 11 nitrogen and oxygen atoms in total. The van der Waals surface area contributed by atoms with Crippen molar-refractivity contribution in [3.63, 3.8) is 0 Å². The molecule has 0 unspecified atom stereocenters. The van der Waals surface area contributed by atoms with Crippen molar-refractivity contribution in [3.8, 4) is 0 Å². The molecule has 2 aromatic carbocycles. The SMILES string of the molecule is Cc1ccc(NC(=O)CN2CCN(S(=O)(=O)c3cccc4nsnc34)CC2)cc1[N+](=O)[O-]. The molecular weight excluding hydrogens is 456 g/mol. The molecule has 168 valence electrons. The molecule has 2 heterocycles. The Morgan fingerprint density at radius 3 is 2.66 bits per heavy atom. The van der Waals surface area contributed by atoms with Crippen LogP contribution in [0.3, 0.4) is 0 Å². The molecule has 1 amide bonds. The first-order chi connectivity index (χ1) is 15.3. The third kappa shape index (κ3) is 4.46. The molecule has 0 spiro atoms. The summed E-state index contributed by atoms with van der Waals surface area (Å²) in [6.07, 6.45) is 0. The Morgan fingerprint density at radius 2 is 1.94 bits per heavy atom. The number of nitrogens with zero attached hydrogens (tertiary/aromatic N) is 5. The van der Waals surface area contributed by atoms with E-state index in [-0.39, 0.29) is 36.1 Å². The molecule has 1 N–H and O–H groups in total. The minimum atomic E-state index is -3.73. The Morgan fingerprint density at radius 1 is 1.19 bits per heavy atom. The van der Waals surface area contributed by atoms with Gasteiger partial charge < -0.3 is 5.32 Å². The van der Waals surface area contributed by atoms with Crippen molar-refractivity contribution in [2.24, 2.45) is 0 Å². The molecule has 1 fully saturated rings. The van der Waals surface area contributed by atoms with Crippen LogP contribution in [-0.4, -0.2) is 69.9 Å². The van der Waals surface area contributed by atoms with Crippen LogP contribution in [0.5, 0.6) is 0 Å². The number of sulfonamides is 1. The van der Waals surface area contributed by atoms with Crippen molar-refractivity contribution < 1.29 is 18.1 Å². The molecule has 1 saturated heterocycles. The summed E-state index contributed by atoms with van der Waals surface area (Å²) in [5.74, 6) is -0.322. The molecule has 1 aliphatic rings. The second-order valence-corrected chi connectivity index (χ2v) is 9.81. The van der Waals surface area contributed by atoms with Crippen molar-refractivity contribution in [2.75, 3.05) is 38.0 Å². The zero-order valence-electron chi connectivity index (χ0n) is 17.1. The number of amides is 1. The number of piperazine rings is 1. The first-order valence-electron chi connectivity index (χ1n) is 9.74. The van der Waals surface area contributed by atoms with E-state index in [9.17, 15) is 23.3 Å². The van der Waals surface area contributed by atoms with Crippen LogP contribution < -0.4 is 5.32 Å². The first-order valence-corrected chi connectivity index (χ1v) is 11.9. The number of nitrogens with one attached hydrogen (secondary N) is 1. The minimum Gasteiger partial charge on any atom is -0.325 e. The van der Waals surface area contributed by atoms with Gasteiger partial charge in [-0.1, -0.05) is 12.1 Å². The highest BCUT2D eigenvalue weighted by Gasteiger charge is 2.31. The van der Waals surface area contributed by atoms with Gasteiger partial charge in [-0.3, -0.25) is 19.8 Å². The summed E-state index contributed by atoms with van der Waals surface area (Å²) in [6, 6.07) is 9.41. The van der Waals surface area contributed by atoms with E-state index >= 15 is 0 Å². The van der Waals surface area contributed by atoms with Gasteiger partial charge in [-0.15, -0.1) is 0 Å². The van der Waals surface area contributed by atoms with E-state index < -0.39 is 14.9 Å². The van der Waals surface area contributed by atoms with Gasteiger partial charge in [-0.05, 0) is 25.1 Å².